The topological polar surface area (TPSA) is 121 Å². The number of esters is 2. The second kappa shape index (κ2) is 15.6. The number of benzene rings is 2. The highest BCUT2D eigenvalue weighted by Gasteiger charge is 2.24. The number of nitrogens with zero attached hydrogens (tertiary/aromatic N) is 2. The average Bonchev–Trinajstić information content (AvgIpc) is 2.99. The normalized spacial score (nSPS) is 15.9. The van der Waals surface area contributed by atoms with Crippen molar-refractivity contribution in [1.82, 2.24) is 9.80 Å². The molecule has 0 aromatic heterocycles. The lowest BCUT2D eigenvalue weighted by atomic mass is 10.1. The number of carbonyl (C=O) groups is 4. The number of rotatable bonds is 4. The first-order chi connectivity index (χ1) is 19.0. The van der Waals surface area contributed by atoms with Gasteiger partial charge in [0, 0.05) is 26.2 Å². The first-order valence-corrected chi connectivity index (χ1v) is 12.6. The van der Waals surface area contributed by atoms with Gasteiger partial charge in [0.05, 0.1) is 76.1 Å². The summed E-state index contributed by atoms with van der Waals surface area (Å²) >= 11 is 0. The summed E-state index contributed by atoms with van der Waals surface area (Å²) in [4.78, 5) is 54.1. The minimum absolute atomic E-state index is 0.178. The molecule has 0 unspecified atom stereocenters. The van der Waals surface area contributed by atoms with Crippen molar-refractivity contribution in [2.45, 2.75) is 0 Å². The summed E-state index contributed by atoms with van der Waals surface area (Å²) < 4.78 is 26.7. The Balaban J connectivity index is 1.70. The van der Waals surface area contributed by atoms with E-state index in [2.05, 4.69) is 0 Å². The van der Waals surface area contributed by atoms with Crippen molar-refractivity contribution in [1.29, 1.82) is 0 Å². The molecule has 3 rings (SSSR count). The molecule has 0 spiro atoms. The third-order valence-electron chi connectivity index (χ3n) is 6.09. The molecule has 2 aromatic rings. The fourth-order valence-corrected chi connectivity index (χ4v) is 4.01. The third kappa shape index (κ3) is 8.34. The molecule has 1 aliphatic rings. The van der Waals surface area contributed by atoms with Gasteiger partial charge in [0.1, 0.15) is 0 Å². The molecule has 11 nitrogen and oxygen atoms in total. The lowest BCUT2D eigenvalue weighted by molar-refractivity contribution is 0.0297. The zero-order valence-electron chi connectivity index (χ0n) is 22.3. The molecule has 39 heavy (non-hydrogen) atoms. The molecule has 0 N–H and O–H groups in total. The Hall–Kier alpha value is -3.80. The maximum atomic E-state index is 13.3. The number of ether oxygens (including phenoxy) is 5. The van der Waals surface area contributed by atoms with E-state index >= 15 is 0 Å². The van der Waals surface area contributed by atoms with Crippen LogP contribution in [0.25, 0.3) is 0 Å². The minimum Gasteiger partial charge on any atom is -0.465 e. The average molecular weight is 543 g/mol. The monoisotopic (exact) mass is 542 g/mol. The smallest absolute Gasteiger partial charge is 0.338 e. The molecule has 210 valence electrons. The van der Waals surface area contributed by atoms with Crippen molar-refractivity contribution in [2.75, 3.05) is 80.0 Å². The summed E-state index contributed by atoms with van der Waals surface area (Å²) in [6, 6.07) is 12.9. The predicted molar refractivity (Wildman–Crippen MR) is 140 cm³/mol. The molecule has 0 atom stereocenters. The summed E-state index contributed by atoms with van der Waals surface area (Å²) in [6.07, 6.45) is 0. The van der Waals surface area contributed by atoms with E-state index in [9.17, 15) is 19.2 Å². The predicted octanol–water partition coefficient (Wildman–Crippen LogP) is 1.91. The molecule has 11 heteroatoms. The van der Waals surface area contributed by atoms with Crippen LogP contribution in [0.2, 0.25) is 0 Å². The molecule has 0 radical (unpaired) electrons. The highest BCUT2D eigenvalue weighted by molar-refractivity contribution is 6.06. The first-order valence-electron chi connectivity index (χ1n) is 12.6. The molecule has 0 saturated carbocycles. The van der Waals surface area contributed by atoms with Gasteiger partial charge in [-0.05, 0) is 24.3 Å². The van der Waals surface area contributed by atoms with Crippen LogP contribution in [0.15, 0.2) is 48.5 Å². The van der Waals surface area contributed by atoms with Gasteiger partial charge in [-0.15, -0.1) is 0 Å². The quantitative estimate of drug-likeness (QED) is 0.534. The highest BCUT2D eigenvalue weighted by Crippen LogP contribution is 2.15. The van der Waals surface area contributed by atoms with E-state index < -0.39 is 11.9 Å². The summed E-state index contributed by atoms with van der Waals surface area (Å²) in [7, 11) is 2.53. The number of carbonyl (C=O) groups excluding carboxylic acids is 4. The Morgan fingerprint density at radius 3 is 1.18 bits per heavy atom. The Kier molecular flexibility index (Phi) is 11.9. The van der Waals surface area contributed by atoms with Gasteiger partial charge in [0.2, 0.25) is 0 Å². The van der Waals surface area contributed by atoms with E-state index in [1.54, 1.807) is 58.3 Å². The van der Waals surface area contributed by atoms with Gasteiger partial charge in [0.15, 0.2) is 0 Å². The molecular formula is C28H34N2O9. The van der Waals surface area contributed by atoms with E-state index in [0.717, 1.165) is 0 Å². The highest BCUT2D eigenvalue weighted by atomic mass is 16.5. The molecule has 1 saturated heterocycles. The van der Waals surface area contributed by atoms with Crippen LogP contribution < -0.4 is 0 Å². The number of amides is 2. The lowest BCUT2D eigenvalue weighted by Gasteiger charge is -2.25. The van der Waals surface area contributed by atoms with Gasteiger partial charge in [0.25, 0.3) is 11.8 Å². The SMILES string of the molecule is COC(=O)c1ccccc1C(=O)N1CCOCCOCCN(C(=O)c2ccccc2C(=O)OC)CCOCC1. The molecule has 1 heterocycles. The Labute approximate surface area is 227 Å². The minimum atomic E-state index is -0.597. The second-order valence-electron chi connectivity index (χ2n) is 8.50. The fourth-order valence-electron chi connectivity index (χ4n) is 4.01. The number of hydrogen-bond acceptors (Lipinski definition) is 9. The molecule has 2 amide bonds. The van der Waals surface area contributed by atoms with Crippen LogP contribution in [0.1, 0.15) is 41.4 Å². The van der Waals surface area contributed by atoms with E-state index in [1.165, 1.54) is 14.2 Å². The zero-order chi connectivity index (χ0) is 28.0. The zero-order valence-corrected chi connectivity index (χ0v) is 22.3. The fraction of sp³-hybridized carbons (Fsp3) is 0.429. The summed E-state index contributed by atoms with van der Waals surface area (Å²) in [5, 5.41) is 0. The van der Waals surface area contributed by atoms with Gasteiger partial charge in [-0.3, -0.25) is 9.59 Å². The van der Waals surface area contributed by atoms with E-state index in [-0.39, 0.29) is 86.7 Å². The largest absolute Gasteiger partial charge is 0.465 e. The number of methoxy groups -OCH3 is 2. The molecule has 2 aromatic carbocycles. The molecule has 1 fully saturated rings. The molecule has 0 bridgehead atoms. The summed E-state index contributed by atoms with van der Waals surface area (Å²) in [6.45, 7) is 2.59. The maximum absolute atomic E-state index is 13.3. The van der Waals surface area contributed by atoms with Crippen molar-refractivity contribution in [2.24, 2.45) is 0 Å². The maximum Gasteiger partial charge on any atom is 0.338 e. The Morgan fingerprint density at radius 1 is 0.538 bits per heavy atom. The molecule has 1 aliphatic heterocycles. The van der Waals surface area contributed by atoms with Crippen molar-refractivity contribution < 1.29 is 42.9 Å². The van der Waals surface area contributed by atoms with Gasteiger partial charge in [-0.2, -0.15) is 0 Å². The van der Waals surface area contributed by atoms with Crippen LogP contribution in [0.5, 0.6) is 0 Å². The van der Waals surface area contributed by atoms with Gasteiger partial charge >= 0.3 is 11.9 Å². The van der Waals surface area contributed by atoms with Crippen LogP contribution >= 0.6 is 0 Å². The van der Waals surface area contributed by atoms with Crippen molar-refractivity contribution in [3.63, 3.8) is 0 Å². The first kappa shape index (κ1) is 29.8. The van der Waals surface area contributed by atoms with Crippen LogP contribution in [0.4, 0.5) is 0 Å². The summed E-state index contributed by atoms with van der Waals surface area (Å²) in [5.41, 5.74) is 0.813. The third-order valence-corrected chi connectivity index (χ3v) is 6.09. The molecular weight excluding hydrogens is 508 g/mol. The van der Waals surface area contributed by atoms with Crippen LogP contribution in [0.3, 0.4) is 0 Å². The standard InChI is InChI=1S/C28H34N2O9/c1-35-27(33)23-9-5-3-7-21(23)25(31)29-11-15-37-16-12-30(14-18-39-20-19-38-17-13-29)26(32)22-8-4-6-10-24(22)28(34)36-2/h3-10H,11-20H2,1-2H3. The van der Waals surface area contributed by atoms with Crippen molar-refractivity contribution in [3.8, 4) is 0 Å². The molecule has 0 aliphatic carbocycles. The van der Waals surface area contributed by atoms with E-state index in [4.69, 9.17) is 23.7 Å². The lowest BCUT2D eigenvalue weighted by Crippen LogP contribution is -2.39. The van der Waals surface area contributed by atoms with Gasteiger partial charge in [-0.25, -0.2) is 9.59 Å². The summed E-state index contributed by atoms with van der Waals surface area (Å²) in [5.74, 6) is -1.89. The Bertz CT molecular complexity index is 1050. The second-order valence-corrected chi connectivity index (χ2v) is 8.50. The van der Waals surface area contributed by atoms with Crippen LogP contribution in [-0.4, -0.2) is 114 Å². The van der Waals surface area contributed by atoms with E-state index in [0.29, 0.717) is 13.2 Å². The van der Waals surface area contributed by atoms with Crippen LogP contribution in [-0.2, 0) is 23.7 Å². The van der Waals surface area contributed by atoms with Gasteiger partial charge < -0.3 is 33.5 Å². The van der Waals surface area contributed by atoms with Crippen molar-refractivity contribution in [3.05, 3.63) is 70.8 Å². The number of hydrogen-bond donors (Lipinski definition) is 0. The van der Waals surface area contributed by atoms with Crippen molar-refractivity contribution >= 4 is 23.8 Å². The Morgan fingerprint density at radius 2 is 0.846 bits per heavy atom. The van der Waals surface area contributed by atoms with E-state index in [1.807, 2.05) is 0 Å². The van der Waals surface area contributed by atoms with Gasteiger partial charge in [-0.1, -0.05) is 24.3 Å². The van der Waals surface area contributed by atoms with Crippen LogP contribution in [0, 0.1) is 0 Å².